The molecule has 0 aliphatic carbocycles. The Morgan fingerprint density at radius 1 is 0.743 bits per heavy atom. The number of halogens is 6. The van der Waals surface area contributed by atoms with Gasteiger partial charge in [0.25, 0.3) is 0 Å². The van der Waals surface area contributed by atoms with E-state index in [0.717, 1.165) is 40.8 Å². The van der Waals surface area contributed by atoms with Gasteiger partial charge in [-0.05, 0) is 64.0 Å². The van der Waals surface area contributed by atoms with Gasteiger partial charge in [0, 0.05) is 11.5 Å². The van der Waals surface area contributed by atoms with Crippen LogP contribution in [-0.2, 0) is 9.47 Å². The molecule has 0 spiro atoms. The van der Waals surface area contributed by atoms with E-state index in [1.807, 2.05) is 24.3 Å². The highest BCUT2D eigenvalue weighted by Crippen LogP contribution is 2.34. The minimum absolute atomic E-state index is 0.130. The fourth-order valence-corrected chi connectivity index (χ4v) is 4.10. The summed E-state index contributed by atoms with van der Waals surface area (Å²) >= 11 is 0. The number of hydrogen-bond donors (Lipinski definition) is 0. The van der Waals surface area contributed by atoms with Crippen molar-refractivity contribution in [2.24, 2.45) is 0 Å². The lowest BCUT2D eigenvalue weighted by molar-refractivity contribution is -0.182. The van der Waals surface area contributed by atoms with Gasteiger partial charge in [-0.3, -0.25) is 0 Å². The molecule has 0 amide bonds. The predicted molar refractivity (Wildman–Crippen MR) is 119 cm³/mol. The third kappa shape index (κ3) is 4.70. The molecule has 0 radical (unpaired) electrons. The predicted octanol–water partition coefficient (Wildman–Crippen LogP) is 7.43. The molecular weight excluding hydrogens is 470 g/mol. The summed E-state index contributed by atoms with van der Waals surface area (Å²) in [6, 6.07) is 14.3. The molecule has 0 bridgehead atoms. The van der Waals surface area contributed by atoms with E-state index in [9.17, 15) is 26.3 Å². The molecule has 5 rings (SSSR count). The molecule has 1 aliphatic heterocycles. The molecular formula is C27H16F6O2. The van der Waals surface area contributed by atoms with Gasteiger partial charge in [0.05, 0.1) is 24.2 Å². The summed E-state index contributed by atoms with van der Waals surface area (Å²) < 4.78 is 92.3. The van der Waals surface area contributed by atoms with Crippen LogP contribution < -0.4 is 0 Å². The SMILES string of the molecule is Fc1cc2cc(-c3ccc4cc(C5OCCCO5)ccc4c3)cc(F)c2c(F)c1C#CC(F)(F)F. The number of alkyl halides is 3. The summed E-state index contributed by atoms with van der Waals surface area (Å²) in [5.41, 5.74) is 0.691. The summed E-state index contributed by atoms with van der Waals surface area (Å²) in [6.07, 6.45) is -4.53. The van der Waals surface area contributed by atoms with Crippen LogP contribution in [0.3, 0.4) is 0 Å². The second-order valence-corrected chi connectivity index (χ2v) is 8.10. The largest absolute Gasteiger partial charge is 0.458 e. The number of ether oxygens (including phenoxy) is 2. The van der Waals surface area contributed by atoms with E-state index in [0.29, 0.717) is 24.3 Å². The first-order valence-corrected chi connectivity index (χ1v) is 10.7. The van der Waals surface area contributed by atoms with Crippen LogP contribution in [0.25, 0.3) is 32.7 Å². The van der Waals surface area contributed by atoms with Crippen LogP contribution in [0.2, 0.25) is 0 Å². The van der Waals surface area contributed by atoms with Crippen molar-refractivity contribution in [3.8, 4) is 23.0 Å². The van der Waals surface area contributed by atoms with Crippen molar-refractivity contribution in [3.05, 3.63) is 83.2 Å². The second-order valence-electron chi connectivity index (χ2n) is 8.10. The Morgan fingerprint density at radius 3 is 2.17 bits per heavy atom. The lowest BCUT2D eigenvalue weighted by Gasteiger charge is -2.23. The molecule has 4 aromatic carbocycles. The molecule has 1 saturated heterocycles. The van der Waals surface area contributed by atoms with Crippen molar-refractivity contribution in [1.82, 2.24) is 0 Å². The molecule has 2 nitrogen and oxygen atoms in total. The molecule has 0 N–H and O–H groups in total. The van der Waals surface area contributed by atoms with Gasteiger partial charge in [0.15, 0.2) is 12.1 Å². The quantitative estimate of drug-likeness (QED) is 0.217. The van der Waals surface area contributed by atoms with Gasteiger partial charge in [-0.15, -0.1) is 0 Å². The molecule has 8 heteroatoms. The van der Waals surface area contributed by atoms with Crippen molar-refractivity contribution >= 4 is 21.5 Å². The van der Waals surface area contributed by atoms with Crippen LogP contribution in [0.5, 0.6) is 0 Å². The van der Waals surface area contributed by atoms with Crippen LogP contribution in [0.4, 0.5) is 26.3 Å². The molecule has 1 fully saturated rings. The lowest BCUT2D eigenvalue weighted by Crippen LogP contribution is -2.17. The summed E-state index contributed by atoms with van der Waals surface area (Å²) in [5, 5.41) is 0.988. The first-order chi connectivity index (χ1) is 16.7. The van der Waals surface area contributed by atoms with Gasteiger partial charge < -0.3 is 9.47 Å². The van der Waals surface area contributed by atoms with Crippen LogP contribution in [0.15, 0.2) is 54.6 Å². The van der Waals surface area contributed by atoms with Crippen molar-refractivity contribution < 1.29 is 35.8 Å². The molecule has 1 aliphatic rings. The average molecular weight is 486 g/mol. The minimum Gasteiger partial charge on any atom is -0.348 e. The smallest absolute Gasteiger partial charge is 0.348 e. The van der Waals surface area contributed by atoms with E-state index < -0.39 is 40.9 Å². The topological polar surface area (TPSA) is 18.5 Å². The summed E-state index contributed by atoms with van der Waals surface area (Å²) in [5.74, 6) is -1.57. The average Bonchev–Trinajstić information content (AvgIpc) is 2.82. The Labute approximate surface area is 196 Å². The lowest BCUT2D eigenvalue weighted by atomic mass is 9.96. The summed E-state index contributed by atoms with van der Waals surface area (Å²) in [7, 11) is 0. The number of fused-ring (bicyclic) bond motifs is 2. The maximum Gasteiger partial charge on any atom is 0.458 e. The van der Waals surface area contributed by atoms with Crippen molar-refractivity contribution in [2.45, 2.75) is 18.9 Å². The first kappa shape index (κ1) is 23.2. The monoisotopic (exact) mass is 486 g/mol. The van der Waals surface area contributed by atoms with Crippen LogP contribution >= 0.6 is 0 Å². The Balaban J connectivity index is 1.55. The standard InChI is InChI=1S/C27H16F6O2/c28-22-14-20-12-19(13-23(29)24(20)25(30)21(22)6-7-27(31,32)33)17-3-2-16-11-18(5-4-15(16)10-17)26-34-8-1-9-35-26/h2-5,10-14,26H,1,8-9H2. The van der Waals surface area contributed by atoms with Gasteiger partial charge in [0.1, 0.15) is 11.6 Å². The minimum atomic E-state index is -4.94. The summed E-state index contributed by atoms with van der Waals surface area (Å²) in [6.45, 7) is 1.24. The Morgan fingerprint density at radius 2 is 1.43 bits per heavy atom. The van der Waals surface area contributed by atoms with Crippen molar-refractivity contribution in [2.75, 3.05) is 13.2 Å². The molecule has 178 valence electrons. The third-order valence-corrected chi connectivity index (χ3v) is 5.71. The van der Waals surface area contributed by atoms with E-state index in [-0.39, 0.29) is 5.39 Å². The molecule has 0 saturated carbocycles. The highest BCUT2D eigenvalue weighted by molar-refractivity contribution is 5.92. The second kappa shape index (κ2) is 8.91. The fraction of sp³-hybridized carbons (Fsp3) is 0.185. The first-order valence-electron chi connectivity index (χ1n) is 10.7. The van der Waals surface area contributed by atoms with E-state index >= 15 is 0 Å². The van der Waals surface area contributed by atoms with Crippen LogP contribution in [0, 0.1) is 29.3 Å². The molecule has 35 heavy (non-hydrogen) atoms. The molecule has 0 unspecified atom stereocenters. The Bertz CT molecular complexity index is 1510. The zero-order valence-corrected chi connectivity index (χ0v) is 18.0. The number of rotatable bonds is 2. The molecule has 1 heterocycles. The van der Waals surface area contributed by atoms with E-state index in [1.165, 1.54) is 12.0 Å². The zero-order chi connectivity index (χ0) is 24.7. The Kier molecular flexibility index (Phi) is 5.91. The fourth-order valence-electron chi connectivity index (χ4n) is 4.10. The Hall–Kier alpha value is -3.54. The van der Waals surface area contributed by atoms with Crippen LogP contribution in [0.1, 0.15) is 23.8 Å². The van der Waals surface area contributed by atoms with Crippen molar-refractivity contribution in [3.63, 3.8) is 0 Å². The third-order valence-electron chi connectivity index (χ3n) is 5.71. The highest BCUT2D eigenvalue weighted by Gasteiger charge is 2.24. The highest BCUT2D eigenvalue weighted by atomic mass is 19.4. The van der Waals surface area contributed by atoms with Crippen LogP contribution in [-0.4, -0.2) is 19.4 Å². The number of benzene rings is 4. The molecule has 0 atom stereocenters. The normalized spacial score (nSPS) is 14.8. The molecule has 0 aromatic heterocycles. The maximum atomic E-state index is 14.9. The van der Waals surface area contributed by atoms with Gasteiger partial charge >= 0.3 is 6.18 Å². The van der Waals surface area contributed by atoms with E-state index in [2.05, 4.69) is 0 Å². The van der Waals surface area contributed by atoms with E-state index in [4.69, 9.17) is 9.47 Å². The zero-order valence-electron chi connectivity index (χ0n) is 18.0. The summed E-state index contributed by atoms with van der Waals surface area (Å²) in [4.78, 5) is 0. The number of hydrogen-bond acceptors (Lipinski definition) is 2. The van der Waals surface area contributed by atoms with Gasteiger partial charge in [-0.1, -0.05) is 30.2 Å². The van der Waals surface area contributed by atoms with E-state index in [1.54, 1.807) is 12.1 Å². The van der Waals surface area contributed by atoms with Crippen molar-refractivity contribution in [1.29, 1.82) is 0 Å². The molecule has 4 aromatic rings. The maximum absolute atomic E-state index is 14.9. The van der Waals surface area contributed by atoms with Gasteiger partial charge in [-0.2, -0.15) is 13.2 Å². The van der Waals surface area contributed by atoms with Gasteiger partial charge in [0.2, 0.25) is 0 Å². The van der Waals surface area contributed by atoms with Gasteiger partial charge in [-0.25, -0.2) is 13.2 Å².